The van der Waals surface area contributed by atoms with Crippen molar-refractivity contribution in [2.24, 2.45) is 0 Å². The highest BCUT2D eigenvalue weighted by molar-refractivity contribution is 5.80. The molecule has 0 aliphatic carbocycles. The Morgan fingerprint density at radius 1 is 1.17 bits per heavy atom. The van der Waals surface area contributed by atoms with Gasteiger partial charge in [-0.15, -0.1) is 0 Å². The smallest absolute Gasteiger partial charge is 0.410 e. The Labute approximate surface area is 275 Å². The number of nitro groups is 1. The molecule has 2 aromatic rings. The van der Waals surface area contributed by atoms with E-state index >= 15 is 0 Å². The van der Waals surface area contributed by atoms with Crippen molar-refractivity contribution in [2.45, 2.75) is 83.3 Å². The van der Waals surface area contributed by atoms with Crippen molar-refractivity contribution in [3.05, 3.63) is 57.3 Å². The molecule has 2 saturated heterocycles. The summed E-state index contributed by atoms with van der Waals surface area (Å²) in [7, 11) is 3.95. The summed E-state index contributed by atoms with van der Waals surface area (Å²) < 4.78 is 11.2. The van der Waals surface area contributed by atoms with Crippen molar-refractivity contribution in [3.8, 4) is 6.07 Å². The van der Waals surface area contributed by atoms with Gasteiger partial charge in [0.2, 0.25) is 5.82 Å². The molecule has 14 heteroatoms. The number of carbonyl (C=O) groups excluding carboxylic acids is 2. The molecule has 0 unspecified atom stereocenters. The number of amides is 2. The Balaban J connectivity index is 1.42. The molecule has 4 heterocycles. The van der Waals surface area contributed by atoms with Gasteiger partial charge in [0.1, 0.15) is 17.9 Å². The second-order valence-electron chi connectivity index (χ2n) is 13.6. The Morgan fingerprint density at radius 3 is 2.53 bits per heavy atom. The average Bonchev–Trinajstić information content (AvgIpc) is 2.98. The number of benzene rings is 1. The highest BCUT2D eigenvalue weighted by Gasteiger charge is 2.41. The van der Waals surface area contributed by atoms with Crippen molar-refractivity contribution >= 4 is 29.4 Å². The van der Waals surface area contributed by atoms with E-state index in [0.717, 1.165) is 5.56 Å². The van der Waals surface area contributed by atoms with Crippen LogP contribution in [0.5, 0.6) is 0 Å². The number of hydrogen-bond donors (Lipinski definition) is 1. The topological polar surface area (TPSA) is 157 Å². The fourth-order valence-corrected chi connectivity index (χ4v) is 6.27. The molecule has 0 bridgehead atoms. The number of likely N-dealkylation sites (N-methyl/N-ethyl adjacent to an activating group) is 1. The zero-order valence-corrected chi connectivity index (χ0v) is 27.8. The number of likely N-dealkylation sites (tertiary alicyclic amines) is 1. The quantitative estimate of drug-likeness (QED) is 0.317. The van der Waals surface area contributed by atoms with Gasteiger partial charge in [0.05, 0.1) is 29.7 Å². The number of aromatic nitrogens is 1. The van der Waals surface area contributed by atoms with Crippen LogP contribution in [0.25, 0.3) is 0 Å². The maximum absolute atomic E-state index is 13.1. The summed E-state index contributed by atoms with van der Waals surface area (Å²) >= 11 is 0. The molecule has 0 saturated carbocycles. The second kappa shape index (κ2) is 14.0. The number of nitrogens with zero attached hydrogens (tertiary/aromatic N) is 7. The first-order chi connectivity index (χ1) is 22.3. The monoisotopic (exact) mass is 648 g/mol. The highest BCUT2D eigenvalue weighted by atomic mass is 16.6. The van der Waals surface area contributed by atoms with Gasteiger partial charge >= 0.3 is 17.9 Å². The van der Waals surface area contributed by atoms with Crippen LogP contribution in [0.4, 0.5) is 26.8 Å². The Morgan fingerprint density at radius 2 is 1.89 bits per heavy atom. The molecule has 1 N–H and O–H groups in total. The standard InChI is InChI=1S/C33H44N8O6/c1-33(2,3)47-32(43)40-16-12-23(17-24(40)11-14-34)35-28-26-13-15-38(31(42)46-21-22-9-7-6-8-10-22)20-27(26)36-30(29(28)41(44)45)39-18-25(19-39)37(4)5/h6-10,23-25H,11-13,15-21H2,1-5H3,(H,35,36)/t23-,24+/m0/s1. The number of fused-ring (bicyclic) bond motifs is 1. The summed E-state index contributed by atoms with van der Waals surface area (Å²) in [6, 6.07) is 11.2. The number of ether oxygens (including phenoxy) is 2. The number of pyridine rings is 1. The molecule has 1 aromatic carbocycles. The van der Waals surface area contributed by atoms with Crippen LogP contribution in [-0.4, -0.2) is 101 Å². The van der Waals surface area contributed by atoms with Gasteiger partial charge in [0, 0.05) is 49.9 Å². The van der Waals surface area contributed by atoms with Crippen LogP contribution in [0.3, 0.4) is 0 Å². The normalized spacial score (nSPS) is 19.8. The molecule has 2 amide bonds. The van der Waals surface area contributed by atoms with Crippen molar-refractivity contribution in [2.75, 3.05) is 50.5 Å². The van der Waals surface area contributed by atoms with E-state index in [2.05, 4.69) is 16.3 Å². The number of rotatable bonds is 8. The summed E-state index contributed by atoms with van der Waals surface area (Å²) in [6.07, 6.45) is 0.444. The fraction of sp³-hybridized carbons (Fsp3) is 0.576. The third-order valence-corrected chi connectivity index (χ3v) is 8.87. The van der Waals surface area contributed by atoms with Gasteiger partial charge in [-0.25, -0.2) is 14.6 Å². The third kappa shape index (κ3) is 7.85. The zero-order valence-electron chi connectivity index (χ0n) is 27.8. The lowest BCUT2D eigenvalue weighted by molar-refractivity contribution is -0.383. The molecule has 0 spiro atoms. The van der Waals surface area contributed by atoms with Gasteiger partial charge in [0.15, 0.2) is 0 Å². The molecule has 1 aromatic heterocycles. The predicted molar refractivity (Wildman–Crippen MR) is 175 cm³/mol. The van der Waals surface area contributed by atoms with Crippen LogP contribution in [0.1, 0.15) is 56.9 Å². The van der Waals surface area contributed by atoms with Crippen LogP contribution < -0.4 is 10.2 Å². The van der Waals surface area contributed by atoms with Gasteiger partial charge in [0.25, 0.3) is 0 Å². The largest absolute Gasteiger partial charge is 0.445 e. The van der Waals surface area contributed by atoms with E-state index in [1.807, 2.05) is 49.3 Å². The zero-order chi connectivity index (χ0) is 33.9. The summed E-state index contributed by atoms with van der Waals surface area (Å²) in [5.74, 6) is 0.272. The molecule has 2 atom stereocenters. The molecular weight excluding hydrogens is 604 g/mol. The summed E-state index contributed by atoms with van der Waals surface area (Å²) in [5, 5.41) is 25.8. The van der Waals surface area contributed by atoms with Crippen molar-refractivity contribution in [1.29, 1.82) is 5.26 Å². The molecule has 3 aliphatic heterocycles. The lowest BCUT2D eigenvalue weighted by Crippen LogP contribution is -2.58. The SMILES string of the molecule is CN(C)C1CN(c2nc3c(c(N[C@H]4CCN(C(=O)OC(C)(C)C)[C@H](CC#N)C4)c2[N+](=O)[O-])CCN(C(=O)OCc2ccccc2)C3)C1. The van der Waals surface area contributed by atoms with E-state index in [0.29, 0.717) is 62.4 Å². The first kappa shape index (κ1) is 33.7. The Kier molecular flexibility index (Phi) is 10.0. The van der Waals surface area contributed by atoms with E-state index in [4.69, 9.17) is 14.5 Å². The second-order valence-corrected chi connectivity index (χ2v) is 13.6. The average molecular weight is 649 g/mol. The molecule has 3 aliphatic rings. The van der Waals surface area contributed by atoms with Gasteiger partial charge in [-0.05, 0) is 59.7 Å². The number of nitrogens with one attached hydrogen (secondary N) is 1. The Bertz CT molecular complexity index is 1520. The lowest BCUT2D eigenvalue weighted by atomic mass is 9.93. The number of hydrogen-bond acceptors (Lipinski definition) is 11. The molecule has 5 rings (SSSR count). The van der Waals surface area contributed by atoms with Gasteiger partial charge in [-0.1, -0.05) is 30.3 Å². The molecule has 47 heavy (non-hydrogen) atoms. The number of carbonyl (C=O) groups is 2. The van der Waals surface area contributed by atoms with E-state index in [1.165, 1.54) is 0 Å². The van der Waals surface area contributed by atoms with E-state index < -0.39 is 23.8 Å². The lowest BCUT2D eigenvalue weighted by Gasteiger charge is -2.44. The number of piperidine rings is 1. The minimum atomic E-state index is -0.680. The third-order valence-electron chi connectivity index (χ3n) is 8.87. The first-order valence-corrected chi connectivity index (χ1v) is 16.0. The van der Waals surface area contributed by atoms with Crippen LogP contribution in [-0.2, 0) is 29.0 Å². The maximum Gasteiger partial charge on any atom is 0.410 e. The van der Waals surface area contributed by atoms with E-state index in [-0.39, 0.29) is 48.1 Å². The van der Waals surface area contributed by atoms with Crippen LogP contribution in [0.15, 0.2) is 30.3 Å². The van der Waals surface area contributed by atoms with Crippen molar-refractivity contribution in [1.82, 2.24) is 19.7 Å². The highest BCUT2D eigenvalue weighted by Crippen LogP contribution is 2.43. The molecule has 252 valence electrons. The van der Waals surface area contributed by atoms with E-state index in [9.17, 15) is 25.0 Å². The predicted octanol–water partition coefficient (Wildman–Crippen LogP) is 4.53. The maximum atomic E-state index is 13.1. The number of anilines is 2. The minimum absolute atomic E-state index is 0.0903. The Hall–Kier alpha value is -4.64. The summed E-state index contributed by atoms with van der Waals surface area (Å²) in [4.78, 5) is 50.4. The van der Waals surface area contributed by atoms with E-state index in [1.54, 1.807) is 30.6 Å². The van der Waals surface area contributed by atoms with Crippen LogP contribution in [0, 0.1) is 21.4 Å². The van der Waals surface area contributed by atoms with Crippen molar-refractivity contribution < 1.29 is 24.0 Å². The molecule has 0 radical (unpaired) electrons. The summed E-state index contributed by atoms with van der Waals surface area (Å²) in [6.45, 7) is 7.50. The van der Waals surface area contributed by atoms with Gasteiger partial charge in [-0.2, -0.15) is 5.26 Å². The molecule has 14 nitrogen and oxygen atoms in total. The van der Waals surface area contributed by atoms with Crippen LogP contribution in [0.2, 0.25) is 0 Å². The fourth-order valence-electron chi connectivity index (χ4n) is 6.27. The van der Waals surface area contributed by atoms with Gasteiger partial charge in [-0.3, -0.25) is 10.1 Å². The molecular formula is C33H44N8O6. The van der Waals surface area contributed by atoms with Gasteiger partial charge < -0.3 is 34.4 Å². The number of nitriles is 1. The first-order valence-electron chi connectivity index (χ1n) is 16.0. The molecule has 2 fully saturated rings. The van der Waals surface area contributed by atoms with Crippen molar-refractivity contribution in [3.63, 3.8) is 0 Å². The van der Waals surface area contributed by atoms with Crippen LogP contribution >= 0.6 is 0 Å². The minimum Gasteiger partial charge on any atom is -0.445 e. The summed E-state index contributed by atoms with van der Waals surface area (Å²) in [5.41, 5.74) is 1.79.